The predicted octanol–water partition coefficient (Wildman–Crippen LogP) is 1.69. The van der Waals surface area contributed by atoms with Crippen LogP contribution in [0.15, 0.2) is 12.1 Å². The summed E-state index contributed by atoms with van der Waals surface area (Å²) < 4.78 is 44.4. The molecule has 25 heavy (non-hydrogen) atoms. The molecule has 2 aromatic rings. The molecule has 2 rings (SSSR count). The van der Waals surface area contributed by atoms with E-state index in [4.69, 9.17) is 4.74 Å². The number of nitrogens with one attached hydrogen (secondary N) is 2. The minimum atomic E-state index is -1.67. The maximum Gasteiger partial charge on any atom is 0.321 e. The van der Waals surface area contributed by atoms with Crippen molar-refractivity contribution in [3.63, 3.8) is 0 Å². The number of urea groups is 1. The number of hydrogen-bond acceptors (Lipinski definition) is 6. The van der Waals surface area contributed by atoms with E-state index in [1.807, 2.05) is 0 Å². The fraction of sp³-hybridized carbons (Fsp3) is 0.286. The number of hydrogen-bond donors (Lipinski definition) is 2. The summed E-state index contributed by atoms with van der Waals surface area (Å²) in [7, 11) is 4.81. The van der Waals surface area contributed by atoms with Gasteiger partial charge < -0.3 is 20.3 Å². The van der Waals surface area contributed by atoms with E-state index in [1.165, 1.54) is 7.11 Å². The van der Waals surface area contributed by atoms with Crippen molar-refractivity contribution in [2.45, 2.75) is 6.54 Å². The van der Waals surface area contributed by atoms with Crippen LogP contribution in [0.25, 0.3) is 0 Å². The molecule has 0 spiro atoms. The maximum absolute atomic E-state index is 13.5. The van der Waals surface area contributed by atoms with Gasteiger partial charge in [-0.1, -0.05) is 0 Å². The van der Waals surface area contributed by atoms with Crippen LogP contribution in [0.4, 0.5) is 29.6 Å². The zero-order chi connectivity index (χ0) is 18.6. The minimum absolute atomic E-state index is 0.0579. The topological polar surface area (TPSA) is 92.3 Å². The lowest BCUT2D eigenvalue weighted by Crippen LogP contribution is -2.30. The normalized spacial score (nSPS) is 10.3. The Morgan fingerprint density at radius 2 is 1.88 bits per heavy atom. The van der Waals surface area contributed by atoms with Gasteiger partial charge >= 0.3 is 12.0 Å². The lowest BCUT2D eigenvalue weighted by Gasteiger charge is -2.12. The Morgan fingerprint density at radius 3 is 2.52 bits per heavy atom. The number of benzene rings is 1. The zero-order valence-corrected chi connectivity index (χ0v) is 13.6. The first-order chi connectivity index (χ1) is 11.8. The maximum atomic E-state index is 13.5. The molecule has 8 nitrogen and oxygen atoms in total. The van der Waals surface area contributed by atoms with Crippen LogP contribution in [-0.4, -0.2) is 42.2 Å². The molecule has 0 aliphatic heterocycles. The van der Waals surface area contributed by atoms with E-state index < -0.39 is 29.2 Å². The third kappa shape index (κ3) is 4.46. The first-order valence-corrected chi connectivity index (χ1v) is 6.96. The summed E-state index contributed by atoms with van der Waals surface area (Å²) in [5.41, 5.74) is -0.501. The molecule has 134 valence electrons. The fourth-order valence-electron chi connectivity index (χ4n) is 1.71. The number of nitrogens with zero attached hydrogens (tertiary/aromatic N) is 4. The van der Waals surface area contributed by atoms with E-state index in [-0.39, 0.29) is 18.4 Å². The third-order valence-corrected chi connectivity index (χ3v) is 2.92. The number of methoxy groups -OCH3 is 1. The first-order valence-electron chi connectivity index (χ1n) is 6.96. The summed E-state index contributed by atoms with van der Waals surface area (Å²) in [4.78, 5) is 25.5. The summed E-state index contributed by atoms with van der Waals surface area (Å²) in [5, 5.41) is 4.44. The van der Waals surface area contributed by atoms with E-state index in [0.717, 1.165) is 6.07 Å². The van der Waals surface area contributed by atoms with Gasteiger partial charge in [-0.3, -0.25) is 0 Å². The van der Waals surface area contributed by atoms with E-state index in [0.29, 0.717) is 12.0 Å². The molecule has 1 heterocycles. The monoisotopic (exact) mass is 356 g/mol. The Hall–Kier alpha value is -3.11. The van der Waals surface area contributed by atoms with Crippen LogP contribution in [-0.2, 0) is 6.54 Å². The van der Waals surface area contributed by atoms with Gasteiger partial charge in [0.1, 0.15) is 0 Å². The van der Waals surface area contributed by atoms with Crippen LogP contribution >= 0.6 is 0 Å². The molecule has 2 amide bonds. The van der Waals surface area contributed by atoms with E-state index in [2.05, 4.69) is 25.6 Å². The van der Waals surface area contributed by atoms with Crippen molar-refractivity contribution < 1.29 is 22.7 Å². The van der Waals surface area contributed by atoms with E-state index in [9.17, 15) is 18.0 Å². The number of ether oxygens (including phenoxy) is 1. The van der Waals surface area contributed by atoms with E-state index >= 15 is 0 Å². The second kappa shape index (κ2) is 7.64. The van der Waals surface area contributed by atoms with Gasteiger partial charge in [0.2, 0.25) is 5.95 Å². The van der Waals surface area contributed by atoms with E-state index in [1.54, 1.807) is 19.0 Å². The molecule has 0 unspecified atom stereocenters. The molecule has 0 atom stereocenters. The predicted molar refractivity (Wildman–Crippen MR) is 82.9 cm³/mol. The molecular formula is C14H15F3N6O2. The third-order valence-electron chi connectivity index (χ3n) is 2.92. The van der Waals surface area contributed by atoms with Crippen molar-refractivity contribution in [3.05, 3.63) is 35.4 Å². The lowest BCUT2D eigenvalue weighted by molar-refractivity contribution is 0.251. The van der Waals surface area contributed by atoms with Gasteiger partial charge in [-0.15, -0.1) is 0 Å². The Labute approximate surface area is 141 Å². The zero-order valence-electron chi connectivity index (χ0n) is 13.6. The van der Waals surface area contributed by atoms with Gasteiger partial charge in [0.25, 0.3) is 0 Å². The number of aromatic nitrogens is 3. The van der Waals surface area contributed by atoms with Crippen molar-refractivity contribution in [1.29, 1.82) is 0 Å². The van der Waals surface area contributed by atoms with Crippen molar-refractivity contribution in [2.75, 3.05) is 31.4 Å². The highest BCUT2D eigenvalue weighted by Crippen LogP contribution is 2.19. The van der Waals surface area contributed by atoms with Crippen molar-refractivity contribution >= 4 is 17.7 Å². The van der Waals surface area contributed by atoms with Gasteiger partial charge in [0, 0.05) is 14.1 Å². The molecule has 0 saturated heterocycles. The molecule has 0 fully saturated rings. The number of halogens is 3. The molecule has 1 aromatic heterocycles. The van der Waals surface area contributed by atoms with Crippen LogP contribution in [0, 0.1) is 17.5 Å². The molecule has 0 aliphatic rings. The highest BCUT2D eigenvalue weighted by Gasteiger charge is 2.15. The molecule has 11 heteroatoms. The highest BCUT2D eigenvalue weighted by molar-refractivity contribution is 5.89. The van der Waals surface area contributed by atoms with Gasteiger partial charge in [0.15, 0.2) is 23.3 Å². The smallest absolute Gasteiger partial charge is 0.321 e. The van der Waals surface area contributed by atoms with Crippen LogP contribution in [0.1, 0.15) is 5.82 Å². The largest absolute Gasteiger partial charge is 0.467 e. The first kappa shape index (κ1) is 18.2. The van der Waals surface area contributed by atoms with Crippen LogP contribution in [0.3, 0.4) is 0 Å². The van der Waals surface area contributed by atoms with Crippen LogP contribution < -0.4 is 20.3 Å². The molecule has 0 bridgehead atoms. The summed E-state index contributed by atoms with van der Waals surface area (Å²) in [6.45, 7) is -0.128. The van der Waals surface area contributed by atoms with Gasteiger partial charge in [-0.25, -0.2) is 18.0 Å². The average Bonchev–Trinajstić information content (AvgIpc) is 2.60. The second-order valence-corrected chi connectivity index (χ2v) is 4.96. The van der Waals surface area contributed by atoms with Gasteiger partial charge in [-0.05, 0) is 12.1 Å². The number of anilines is 2. The summed E-state index contributed by atoms with van der Waals surface area (Å²) in [6, 6.07) is 0.816. The number of carbonyl (C=O) groups excluding carboxylic acids is 1. The number of rotatable bonds is 5. The lowest BCUT2D eigenvalue weighted by atomic mass is 10.3. The van der Waals surface area contributed by atoms with Crippen molar-refractivity contribution in [1.82, 2.24) is 20.3 Å². The fourth-order valence-corrected chi connectivity index (χ4v) is 1.71. The van der Waals surface area contributed by atoms with Crippen LogP contribution in [0.2, 0.25) is 0 Å². The number of amides is 2. The molecular weight excluding hydrogens is 341 g/mol. The summed E-state index contributed by atoms with van der Waals surface area (Å²) in [6.07, 6.45) is 0. The van der Waals surface area contributed by atoms with Crippen molar-refractivity contribution in [2.24, 2.45) is 0 Å². The molecule has 2 N–H and O–H groups in total. The minimum Gasteiger partial charge on any atom is -0.467 e. The highest BCUT2D eigenvalue weighted by atomic mass is 19.2. The second-order valence-electron chi connectivity index (χ2n) is 4.96. The Bertz CT molecular complexity index is 787. The van der Waals surface area contributed by atoms with Crippen molar-refractivity contribution in [3.8, 4) is 6.01 Å². The molecule has 0 radical (unpaired) electrons. The standard InChI is InChI=1S/C14H15F3N6O2/c1-23(2)12-20-9(21-14(22-12)25-3)6-18-13(24)19-8-5-4-7(15)10(16)11(8)17/h4-5H,6H2,1-3H3,(H2,18,19,24). The average molecular weight is 356 g/mol. The van der Waals surface area contributed by atoms with Gasteiger partial charge in [0.05, 0.1) is 19.3 Å². The quantitative estimate of drug-likeness (QED) is 0.792. The molecule has 0 aliphatic carbocycles. The van der Waals surface area contributed by atoms with Crippen LogP contribution in [0.5, 0.6) is 6.01 Å². The Morgan fingerprint density at radius 1 is 1.16 bits per heavy atom. The SMILES string of the molecule is COc1nc(CNC(=O)Nc2ccc(F)c(F)c2F)nc(N(C)C)n1. The summed E-state index contributed by atoms with van der Waals surface area (Å²) >= 11 is 0. The number of carbonyl (C=O) groups is 1. The molecule has 0 saturated carbocycles. The Kier molecular flexibility index (Phi) is 5.57. The molecule has 1 aromatic carbocycles. The Balaban J connectivity index is 2.05. The summed E-state index contributed by atoms with van der Waals surface area (Å²) in [5.74, 6) is -4.01. The van der Waals surface area contributed by atoms with Gasteiger partial charge in [-0.2, -0.15) is 15.0 Å².